The van der Waals surface area contributed by atoms with Gasteiger partial charge in [0.15, 0.2) is 0 Å². The van der Waals surface area contributed by atoms with Gasteiger partial charge in [-0.15, -0.1) is 0 Å². The zero-order valence-electron chi connectivity index (χ0n) is 20.2. The molecule has 0 unspecified atom stereocenters. The van der Waals surface area contributed by atoms with Gasteiger partial charge >= 0.3 is 0 Å². The summed E-state index contributed by atoms with van der Waals surface area (Å²) < 4.78 is 2.15. The van der Waals surface area contributed by atoms with E-state index in [0.29, 0.717) is 0 Å². The Balaban J connectivity index is 1.37. The fraction of sp³-hybridized carbons (Fsp3) is 0.161. The summed E-state index contributed by atoms with van der Waals surface area (Å²) in [6.07, 6.45) is 6.41. The van der Waals surface area contributed by atoms with Gasteiger partial charge < -0.3 is 4.57 Å². The predicted octanol–water partition coefficient (Wildman–Crippen LogP) is 6.71. The molecule has 0 bridgehead atoms. The van der Waals surface area contributed by atoms with Crippen molar-refractivity contribution in [1.29, 1.82) is 0 Å². The van der Waals surface area contributed by atoms with E-state index in [9.17, 15) is 10.1 Å². The Bertz CT molecular complexity index is 1340. The molecule has 0 aliphatic heterocycles. The highest BCUT2D eigenvalue weighted by Gasteiger charge is 2.44. The molecule has 0 saturated carbocycles. The number of aromatic nitrogens is 1. The fourth-order valence-electron chi connectivity index (χ4n) is 5.17. The number of fused-ring (bicyclic) bond motifs is 1. The standard InChI is InChI=1S/C31H30N2O2P/c34-33(35)27-20-19-26-21-23-32(31(26)25-27)22-11-4-12-24-36(28-13-5-1-6-14-28,29-15-7-2-8-16-29)30-17-9-3-10-18-30/h1-3,5-10,13-21,23,25H,4,11-12,22,24H2/q+1. The SMILES string of the molecule is O=[N+]([O-])c1ccc2ccn(CCCCC[P+](c3ccccc3)(c3ccccc3)c3ccccc3)c2c1. The summed E-state index contributed by atoms with van der Waals surface area (Å²) in [6.45, 7) is 0.859. The maximum absolute atomic E-state index is 11.2. The first-order valence-electron chi connectivity index (χ1n) is 12.5. The van der Waals surface area contributed by atoms with Crippen LogP contribution in [0.5, 0.6) is 0 Å². The quantitative estimate of drug-likeness (QED) is 0.0939. The molecule has 0 saturated heterocycles. The van der Waals surface area contributed by atoms with Gasteiger partial charge in [0.1, 0.15) is 23.2 Å². The van der Waals surface area contributed by atoms with Crippen molar-refractivity contribution >= 4 is 39.8 Å². The van der Waals surface area contributed by atoms with Crippen LogP contribution in [-0.4, -0.2) is 15.7 Å². The molecule has 0 aliphatic carbocycles. The lowest BCUT2D eigenvalue weighted by atomic mass is 10.2. The number of hydrogen-bond donors (Lipinski definition) is 0. The monoisotopic (exact) mass is 493 g/mol. The summed E-state index contributed by atoms with van der Waals surface area (Å²) in [5.74, 6) is 0. The Morgan fingerprint density at radius 3 is 1.75 bits per heavy atom. The molecule has 0 aliphatic rings. The van der Waals surface area contributed by atoms with Gasteiger partial charge in [0.2, 0.25) is 0 Å². The first kappa shape index (κ1) is 24.0. The Morgan fingerprint density at radius 2 is 1.22 bits per heavy atom. The molecule has 0 amide bonds. The van der Waals surface area contributed by atoms with E-state index in [1.165, 1.54) is 15.9 Å². The van der Waals surface area contributed by atoms with E-state index in [-0.39, 0.29) is 10.6 Å². The van der Waals surface area contributed by atoms with Gasteiger partial charge in [0, 0.05) is 30.3 Å². The highest BCUT2D eigenvalue weighted by atomic mass is 31.2. The summed E-state index contributed by atoms with van der Waals surface area (Å²) in [5, 5.41) is 16.5. The van der Waals surface area contributed by atoms with Crippen molar-refractivity contribution in [2.75, 3.05) is 6.16 Å². The average molecular weight is 494 g/mol. The summed E-state index contributed by atoms with van der Waals surface area (Å²) >= 11 is 0. The number of nitrogens with zero attached hydrogens (tertiary/aromatic N) is 2. The van der Waals surface area contributed by atoms with Crippen molar-refractivity contribution in [3.8, 4) is 0 Å². The number of unbranched alkanes of at least 4 members (excludes halogenated alkanes) is 2. The first-order chi connectivity index (χ1) is 17.7. The van der Waals surface area contributed by atoms with E-state index in [4.69, 9.17) is 0 Å². The minimum Gasteiger partial charge on any atom is -0.347 e. The first-order valence-corrected chi connectivity index (χ1v) is 14.4. The molecule has 4 nitrogen and oxygen atoms in total. The average Bonchev–Trinajstić information content (AvgIpc) is 3.34. The molecular formula is C31H30N2O2P+. The van der Waals surface area contributed by atoms with Gasteiger partial charge in [0.25, 0.3) is 5.69 Å². The molecular weight excluding hydrogens is 463 g/mol. The van der Waals surface area contributed by atoms with Crippen molar-refractivity contribution in [2.45, 2.75) is 25.8 Å². The number of non-ortho nitro benzene ring substituents is 1. The summed E-state index contributed by atoms with van der Waals surface area (Å²) in [6, 6.07) is 40.2. The van der Waals surface area contributed by atoms with Crippen molar-refractivity contribution in [3.63, 3.8) is 0 Å². The molecule has 180 valence electrons. The summed E-state index contributed by atoms with van der Waals surface area (Å²) in [4.78, 5) is 10.9. The lowest BCUT2D eigenvalue weighted by molar-refractivity contribution is -0.384. The van der Waals surface area contributed by atoms with Gasteiger partial charge in [-0.2, -0.15) is 0 Å². The van der Waals surface area contributed by atoms with E-state index in [0.717, 1.165) is 42.9 Å². The van der Waals surface area contributed by atoms with Crippen LogP contribution < -0.4 is 15.9 Å². The number of benzene rings is 4. The zero-order chi connectivity index (χ0) is 24.8. The number of nitro benzene ring substituents is 1. The third-order valence-electron chi connectivity index (χ3n) is 6.95. The topological polar surface area (TPSA) is 48.1 Å². The Labute approximate surface area is 212 Å². The maximum atomic E-state index is 11.2. The van der Waals surface area contributed by atoms with E-state index >= 15 is 0 Å². The second kappa shape index (κ2) is 10.9. The van der Waals surface area contributed by atoms with Crippen LogP contribution in [0.4, 0.5) is 5.69 Å². The summed E-state index contributed by atoms with van der Waals surface area (Å²) in [5.41, 5.74) is 1.08. The number of hydrogen-bond acceptors (Lipinski definition) is 2. The number of rotatable bonds is 10. The van der Waals surface area contributed by atoms with Crippen molar-refractivity contribution < 1.29 is 4.92 Å². The molecule has 5 rings (SSSR count). The minimum atomic E-state index is -1.79. The molecule has 1 heterocycles. The molecule has 4 aromatic carbocycles. The van der Waals surface area contributed by atoms with Crippen LogP contribution in [0.3, 0.4) is 0 Å². The molecule has 36 heavy (non-hydrogen) atoms. The van der Waals surface area contributed by atoms with Crippen LogP contribution in [0.1, 0.15) is 19.3 Å². The van der Waals surface area contributed by atoms with E-state index in [2.05, 4.69) is 95.6 Å². The predicted molar refractivity (Wildman–Crippen MR) is 152 cm³/mol. The largest absolute Gasteiger partial charge is 0.347 e. The zero-order valence-corrected chi connectivity index (χ0v) is 21.1. The van der Waals surface area contributed by atoms with Crippen LogP contribution in [0.15, 0.2) is 121 Å². The van der Waals surface area contributed by atoms with Gasteiger partial charge in [-0.25, -0.2) is 0 Å². The maximum Gasteiger partial charge on any atom is 0.271 e. The molecule has 0 N–H and O–H groups in total. The van der Waals surface area contributed by atoms with Gasteiger partial charge in [-0.05, 0) is 67.8 Å². The van der Waals surface area contributed by atoms with Crippen molar-refractivity contribution in [1.82, 2.24) is 4.57 Å². The minimum absolute atomic E-state index is 0.144. The molecule has 0 spiro atoms. The highest BCUT2D eigenvalue weighted by Crippen LogP contribution is 2.55. The Kier molecular flexibility index (Phi) is 7.25. The number of aryl methyl sites for hydroxylation is 1. The van der Waals surface area contributed by atoms with Crippen LogP contribution in [-0.2, 0) is 6.54 Å². The van der Waals surface area contributed by atoms with Crippen LogP contribution in [0.2, 0.25) is 0 Å². The lowest BCUT2D eigenvalue weighted by Crippen LogP contribution is -2.33. The fourth-order valence-corrected chi connectivity index (χ4v) is 9.58. The molecule has 0 radical (unpaired) electrons. The van der Waals surface area contributed by atoms with Crippen LogP contribution in [0, 0.1) is 10.1 Å². The Morgan fingerprint density at radius 1 is 0.667 bits per heavy atom. The molecule has 0 fully saturated rings. The molecule has 5 aromatic rings. The third-order valence-corrected chi connectivity index (χ3v) is 11.5. The van der Waals surface area contributed by atoms with Gasteiger partial charge in [0.05, 0.1) is 16.6 Å². The highest BCUT2D eigenvalue weighted by molar-refractivity contribution is 7.95. The number of nitro groups is 1. The van der Waals surface area contributed by atoms with E-state index in [1.54, 1.807) is 12.1 Å². The smallest absolute Gasteiger partial charge is 0.271 e. The summed E-state index contributed by atoms with van der Waals surface area (Å²) in [7, 11) is -1.79. The van der Waals surface area contributed by atoms with Crippen molar-refractivity contribution in [2.24, 2.45) is 0 Å². The van der Waals surface area contributed by atoms with Gasteiger partial charge in [-0.1, -0.05) is 54.6 Å². The van der Waals surface area contributed by atoms with Crippen LogP contribution in [0.25, 0.3) is 10.9 Å². The molecule has 0 atom stereocenters. The Hall–Kier alpha value is -3.75. The normalized spacial score (nSPS) is 11.6. The molecule has 5 heteroatoms. The van der Waals surface area contributed by atoms with Gasteiger partial charge in [-0.3, -0.25) is 10.1 Å². The molecule has 1 aromatic heterocycles. The van der Waals surface area contributed by atoms with Crippen molar-refractivity contribution in [3.05, 3.63) is 132 Å². The second-order valence-corrected chi connectivity index (χ2v) is 12.7. The third kappa shape index (κ3) is 4.82. The van der Waals surface area contributed by atoms with E-state index < -0.39 is 7.26 Å². The lowest BCUT2D eigenvalue weighted by Gasteiger charge is -2.27. The van der Waals surface area contributed by atoms with E-state index in [1.807, 2.05) is 18.3 Å². The van der Waals surface area contributed by atoms with Crippen LogP contribution >= 0.6 is 7.26 Å². The second-order valence-electron chi connectivity index (χ2n) is 9.11.